The SMILES string of the molecule is Fc1ccc([C@@H](C2CCC2)N2CCNCC2)c(Br)c1. The molecule has 1 saturated carbocycles. The van der Waals surface area contributed by atoms with Gasteiger partial charge in [0.1, 0.15) is 5.82 Å². The van der Waals surface area contributed by atoms with Gasteiger partial charge in [0.05, 0.1) is 0 Å². The minimum atomic E-state index is -0.164. The van der Waals surface area contributed by atoms with Gasteiger partial charge >= 0.3 is 0 Å². The van der Waals surface area contributed by atoms with Crippen LogP contribution in [0.2, 0.25) is 0 Å². The lowest BCUT2D eigenvalue weighted by Gasteiger charge is -2.43. The van der Waals surface area contributed by atoms with E-state index in [2.05, 4.69) is 26.1 Å². The lowest BCUT2D eigenvalue weighted by molar-refractivity contribution is 0.0832. The Hall–Kier alpha value is -0.450. The van der Waals surface area contributed by atoms with Crippen molar-refractivity contribution in [2.45, 2.75) is 25.3 Å². The van der Waals surface area contributed by atoms with Crippen molar-refractivity contribution >= 4 is 15.9 Å². The second-order valence-corrected chi connectivity index (χ2v) is 6.44. The van der Waals surface area contributed by atoms with Gasteiger partial charge in [-0.25, -0.2) is 4.39 Å². The number of rotatable bonds is 3. The largest absolute Gasteiger partial charge is 0.314 e. The third-order valence-electron chi connectivity index (χ3n) is 4.42. The predicted molar refractivity (Wildman–Crippen MR) is 78.6 cm³/mol. The number of piperazine rings is 1. The summed E-state index contributed by atoms with van der Waals surface area (Å²) in [4.78, 5) is 2.57. The van der Waals surface area contributed by atoms with E-state index in [1.807, 2.05) is 6.07 Å². The van der Waals surface area contributed by atoms with Crippen molar-refractivity contribution in [3.05, 3.63) is 34.1 Å². The Labute approximate surface area is 122 Å². The highest BCUT2D eigenvalue weighted by molar-refractivity contribution is 9.10. The fraction of sp³-hybridized carbons (Fsp3) is 0.600. The normalized spacial score (nSPS) is 23.1. The molecule has 3 rings (SSSR count). The standard InChI is InChI=1S/C15H20BrFN2/c16-14-10-12(17)4-5-13(14)15(11-2-1-3-11)19-8-6-18-7-9-19/h4-5,10-11,15,18H,1-3,6-9H2/t15-/m1/s1. The van der Waals surface area contributed by atoms with E-state index in [0.29, 0.717) is 6.04 Å². The Morgan fingerprint density at radius 3 is 2.58 bits per heavy atom. The molecule has 2 aliphatic rings. The minimum Gasteiger partial charge on any atom is -0.314 e. The van der Waals surface area contributed by atoms with E-state index < -0.39 is 0 Å². The summed E-state index contributed by atoms with van der Waals surface area (Å²) in [5.74, 6) is 0.572. The molecular formula is C15H20BrFN2. The average Bonchev–Trinajstić information content (AvgIpc) is 2.35. The number of hydrogen-bond donors (Lipinski definition) is 1. The monoisotopic (exact) mass is 326 g/mol. The Balaban J connectivity index is 1.88. The molecule has 1 heterocycles. The van der Waals surface area contributed by atoms with Crippen molar-refractivity contribution in [1.29, 1.82) is 0 Å². The summed E-state index contributed by atoms with van der Waals surface area (Å²) in [5.41, 5.74) is 1.26. The topological polar surface area (TPSA) is 15.3 Å². The second-order valence-electron chi connectivity index (χ2n) is 5.59. The van der Waals surface area contributed by atoms with E-state index >= 15 is 0 Å². The van der Waals surface area contributed by atoms with Gasteiger partial charge in [-0.1, -0.05) is 28.4 Å². The molecule has 0 amide bonds. The maximum absolute atomic E-state index is 13.3. The predicted octanol–water partition coefficient (Wildman–Crippen LogP) is 3.33. The van der Waals surface area contributed by atoms with Crippen LogP contribution in [0.4, 0.5) is 4.39 Å². The lowest BCUT2D eigenvalue weighted by Crippen LogP contribution is -2.47. The summed E-state index contributed by atoms with van der Waals surface area (Å²) in [6.07, 6.45) is 3.95. The van der Waals surface area contributed by atoms with Gasteiger partial charge in [0.15, 0.2) is 0 Å². The summed E-state index contributed by atoms with van der Waals surface area (Å²) >= 11 is 3.55. The zero-order chi connectivity index (χ0) is 13.2. The molecule has 104 valence electrons. The summed E-state index contributed by atoms with van der Waals surface area (Å²) in [7, 11) is 0. The molecule has 1 aliphatic heterocycles. The van der Waals surface area contributed by atoms with Crippen LogP contribution in [0.25, 0.3) is 0 Å². The molecule has 0 bridgehead atoms. The Morgan fingerprint density at radius 1 is 1.26 bits per heavy atom. The van der Waals surface area contributed by atoms with Crippen LogP contribution >= 0.6 is 15.9 Å². The first-order chi connectivity index (χ1) is 9.25. The molecule has 19 heavy (non-hydrogen) atoms. The van der Waals surface area contributed by atoms with Crippen LogP contribution < -0.4 is 5.32 Å². The molecule has 0 spiro atoms. The lowest BCUT2D eigenvalue weighted by atomic mass is 9.76. The molecule has 1 N–H and O–H groups in total. The van der Waals surface area contributed by atoms with Gasteiger partial charge in [-0.3, -0.25) is 4.90 Å². The van der Waals surface area contributed by atoms with Gasteiger partial charge in [-0.05, 0) is 36.5 Å². The Kier molecular flexibility index (Phi) is 4.20. The first-order valence-electron chi connectivity index (χ1n) is 7.15. The van der Waals surface area contributed by atoms with Gasteiger partial charge in [0.2, 0.25) is 0 Å². The van der Waals surface area contributed by atoms with E-state index in [1.54, 1.807) is 12.1 Å². The number of nitrogens with one attached hydrogen (secondary N) is 1. The van der Waals surface area contributed by atoms with Crippen molar-refractivity contribution in [3.8, 4) is 0 Å². The fourth-order valence-electron chi connectivity index (χ4n) is 3.21. The average molecular weight is 327 g/mol. The maximum Gasteiger partial charge on any atom is 0.124 e. The molecule has 1 saturated heterocycles. The van der Waals surface area contributed by atoms with Crippen LogP contribution in [-0.2, 0) is 0 Å². The third kappa shape index (κ3) is 2.86. The quantitative estimate of drug-likeness (QED) is 0.916. The summed E-state index contributed by atoms with van der Waals surface area (Å²) < 4.78 is 14.2. The van der Waals surface area contributed by atoms with Crippen LogP contribution in [0.15, 0.2) is 22.7 Å². The van der Waals surface area contributed by atoms with E-state index in [1.165, 1.54) is 24.8 Å². The molecule has 1 aliphatic carbocycles. The molecule has 0 aromatic heterocycles. The third-order valence-corrected chi connectivity index (χ3v) is 5.11. The van der Waals surface area contributed by atoms with E-state index in [4.69, 9.17) is 0 Å². The summed E-state index contributed by atoms with van der Waals surface area (Å²) in [6, 6.07) is 5.60. The highest BCUT2D eigenvalue weighted by Crippen LogP contribution is 2.43. The zero-order valence-corrected chi connectivity index (χ0v) is 12.6. The van der Waals surface area contributed by atoms with Gasteiger partial charge < -0.3 is 5.32 Å². The van der Waals surface area contributed by atoms with E-state index in [0.717, 1.165) is 36.6 Å². The van der Waals surface area contributed by atoms with Gasteiger partial charge in [0, 0.05) is 36.7 Å². The maximum atomic E-state index is 13.3. The van der Waals surface area contributed by atoms with Crippen molar-refractivity contribution in [2.24, 2.45) is 5.92 Å². The highest BCUT2D eigenvalue weighted by Gasteiger charge is 2.34. The van der Waals surface area contributed by atoms with Crippen LogP contribution in [0.5, 0.6) is 0 Å². The minimum absolute atomic E-state index is 0.164. The molecule has 0 unspecified atom stereocenters. The Bertz CT molecular complexity index is 442. The van der Waals surface area contributed by atoms with Gasteiger partial charge in [0.25, 0.3) is 0 Å². The van der Waals surface area contributed by atoms with Crippen molar-refractivity contribution in [3.63, 3.8) is 0 Å². The van der Waals surface area contributed by atoms with Gasteiger partial charge in [-0.2, -0.15) is 0 Å². The fourth-order valence-corrected chi connectivity index (χ4v) is 3.79. The number of halogens is 2. The van der Waals surface area contributed by atoms with Crippen LogP contribution in [0.1, 0.15) is 30.9 Å². The Morgan fingerprint density at radius 2 is 2.00 bits per heavy atom. The molecule has 4 heteroatoms. The number of benzene rings is 1. The van der Waals surface area contributed by atoms with Crippen molar-refractivity contribution in [1.82, 2.24) is 10.2 Å². The molecule has 1 aromatic carbocycles. The number of hydrogen-bond acceptors (Lipinski definition) is 2. The molecular weight excluding hydrogens is 307 g/mol. The smallest absolute Gasteiger partial charge is 0.124 e. The molecule has 1 atom stereocenters. The van der Waals surface area contributed by atoms with Crippen LogP contribution in [-0.4, -0.2) is 31.1 Å². The zero-order valence-electron chi connectivity index (χ0n) is 11.0. The first-order valence-corrected chi connectivity index (χ1v) is 7.95. The van der Waals surface area contributed by atoms with Crippen molar-refractivity contribution < 1.29 is 4.39 Å². The molecule has 2 fully saturated rings. The number of nitrogens with zero attached hydrogens (tertiary/aromatic N) is 1. The molecule has 2 nitrogen and oxygen atoms in total. The highest BCUT2D eigenvalue weighted by atomic mass is 79.9. The van der Waals surface area contributed by atoms with Gasteiger partial charge in [-0.15, -0.1) is 0 Å². The van der Waals surface area contributed by atoms with E-state index in [-0.39, 0.29) is 5.82 Å². The molecule has 0 radical (unpaired) electrons. The second kappa shape index (κ2) is 5.90. The van der Waals surface area contributed by atoms with Crippen LogP contribution in [0.3, 0.4) is 0 Å². The van der Waals surface area contributed by atoms with Crippen molar-refractivity contribution in [2.75, 3.05) is 26.2 Å². The first kappa shape index (κ1) is 13.5. The van der Waals surface area contributed by atoms with Crippen LogP contribution in [0, 0.1) is 11.7 Å². The molecule has 1 aromatic rings. The van der Waals surface area contributed by atoms with E-state index in [9.17, 15) is 4.39 Å². The summed E-state index contributed by atoms with van der Waals surface area (Å²) in [5, 5.41) is 3.41. The summed E-state index contributed by atoms with van der Waals surface area (Å²) in [6.45, 7) is 4.29.